The van der Waals surface area contributed by atoms with Gasteiger partial charge in [-0.2, -0.15) is 0 Å². The van der Waals surface area contributed by atoms with Crippen molar-refractivity contribution < 1.29 is 18.0 Å². The van der Waals surface area contributed by atoms with Crippen molar-refractivity contribution in [3.05, 3.63) is 70.6 Å². The van der Waals surface area contributed by atoms with Crippen LogP contribution in [0.25, 0.3) is 17.1 Å². The molecule has 1 amide bonds. The second kappa shape index (κ2) is 6.84. The Labute approximate surface area is 155 Å². The fraction of sp³-hybridized carbons (Fsp3) is 0. The Hall–Kier alpha value is -3.20. The van der Waals surface area contributed by atoms with Gasteiger partial charge in [-0.25, -0.2) is 18.2 Å². The predicted molar refractivity (Wildman–Crippen MR) is 97.0 cm³/mol. The number of nitrogens with zero attached hydrogens (tertiary/aromatic N) is 3. The van der Waals surface area contributed by atoms with E-state index in [9.17, 15) is 18.0 Å². The largest absolute Gasteiger partial charge is 0.300 e. The maximum Gasteiger partial charge on any atom is 0.289 e. The minimum Gasteiger partial charge on any atom is -0.300 e. The van der Waals surface area contributed by atoms with Gasteiger partial charge < -0.3 is 5.32 Å². The molecule has 0 unspecified atom stereocenters. The van der Waals surface area contributed by atoms with Crippen LogP contribution in [0, 0.1) is 17.5 Å². The van der Waals surface area contributed by atoms with Crippen molar-refractivity contribution in [1.82, 2.24) is 15.3 Å². The van der Waals surface area contributed by atoms with Gasteiger partial charge in [0, 0.05) is 24.5 Å². The number of benzene rings is 2. The van der Waals surface area contributed by atoms with Crippen LogP contribution in [0.15, 0.2) is 52.6 Å². The van der Waals surface area contributed by atoms with Crippen molar-refractivity contribution in [2.24, 2.45) is 4.99 Å². The summed E-state index contributed by atoms with van der Waals surface area (Å²) in [4.78, 5) is 24.6. The standard InChI is InChI=1S/C18H9F3N4OS/c19-11-7-10(8-12(20)16(11)21)24-17-15(27-18(26)25-17)6-9-1-2-13-14(5-9)23-4-3-22-13/h1-8H,(H,24,25,26)/b15-6+. The van der Waals surface area contributed by atoms with E-state index in [1.807, 2.05) is 0 Å². The van der Waals surface area contributed by atoms with Crippen LogP contribution in [0.1, 0.15) is 5.56 Å². The first-order valence-electron chi connectivity index (χ1n) is 7.64. The average molecular weight is 386 g/mol. The van der Waals surface area contributed by atoms with E-state index in [1.54, 1.807) is 36.7 Å². The van der Waals surface area contributed by atoms with Crippen molar-refractivity contribution in [3.63, 3.8) is 0 Å². The predicted octanol–water partition coefficient (Wildman–Crippen LogP) is 4.57. The molecule has 1 fully saturated rings. The van der Waals surface area contributed by atoms with E-state index in [-0.39, 0.29) is 16.8 Å². The van der Waals surface area contributed by atoms with Gasteiger partial charge in [-0.3, -0.25) is 14.8 Å². The summed E-state index contributed by atoms with van der Waals surface area (Å²) in [6, 6.07) is 6.87. The van der Waals surface area contributed by atoms with Crippen LogP contribution < -0.4 is 5.32 Å². The molecule has 1 aliphatic heterocycles. The van der Waals surface area contributed by atoms with E-state index in [0.29, 0.717) is 10.4 Å². The molecule has 1 saturated heterocycles. The lowest BCUT2D eigenvalue weighted by Crippen LogP contribution is -2.18. The molecule has 0 radical (unpaired) electrons. The van der Waals surface area contributed by atoms with Gasteiger partial charge >= 0.3 is 0 Å². The van der Waals surface area contributed by atoms with Crippen molar-refractivity contribution in [1.29, 1.82) is 0 Å². The van der Waals surface area contributed by atoms with Crippen molar-refractivity contribution in [3.8, 4) is 0 Å². The molecule has 0 aliphatic carbocycles. The molecule has 1 aliphatic rings. The van der Waals surface area contributed by atoms with E-state index in [1.165, 1.54) is 0 Å². The first kappa shape index (κ1) is 17.2. The van der Waals surface area contributed by atoms with Crippen molar-refractivity contribution in [2.45, 2.75) is 0 Å². The smallest absolute Gasteiger partial charge is 0.289 e. The van der Waals surface area contributed by atoms with Gasteiger partial charge in [0.2, 0.25) is 0 Å². The van der Waals surface area contributed by atoms with Gasteiger partial charge in [0.25, 0.3) is 5.24 Å². The first-order valence-corrected chi connectivity index (χ1v) is 8.46. The zero-order valence-electron chi connectivity index (χ0n) is 13.4. The number of halogens is 3. The number of rotatable bonds is 2. The molecular weight excluding hydrogens is 377 g/mol. The highest BCUT2D eigenvalue weighted by molar-refractivity contribution is 8.18. The molecule has 3 aromatic rings. The van der Waals surface area contributed by atoms with Crippen LogP contribution in [0.4, 0.5) is 23.7 Å². The average Bonchev–Trinajstić information content (AvgIpc) is 2.98. The number of hydrogen-bond acceptors (Lipinski definition) is 5. The van der Waals surface area contributed by atoms with Crippen LogP contribution in [0.5, 0.6) is 0 Å². The number of thioether (sulfide) groups is 1. The molecule has 0 atom stereocenters. The summed E-state index contributed by atoms with van der Waals surface area (Å²) >= 11 is 0.887. The maximum atomic E-state index is 13.4. The summed E-state index contributed by atoms with van der Waals surface area (Å²) in [6.45, 7) is 0. The van der Waals surface area contributed by atoms with Gasteiger partial charge in [0.1, 0.15) is 5.84 Å². The Balaban J connectivity index is 1.74. The number of aliphatic imine (C=N–C) groups is 1. The minimum atomic E-state index is -1.57. The summed E-state index contributed by atoms with van der Waals surface area (Å²) in [6.07, 6.45) is 4.84. The molecule has 27 heavy (non-hydrogen) atoms. The zero-order valence-corrected chi connectivity index (χ0v) is 14.2. The number of amidine groups is 1. The molecule has 9 heteroatoms. The lowest BCUT2D eigenvalue weighted by Gasteiger charge is -2.02. The maximum absolute atomic E-state index is 13.4. The van der Waals surface area contributed by atoms with Crippen LogP contribution in [0.2, 0.25) is 0 Å². The summed E-state index contributed by atoms with van der Waals surface area (Å²) in [5.74, 6) is -4.17. The normalized spacial score (nSPS) is 17.1. The molecule has 1 N–H and O–H groups in total. The van der Waals surface area contributed by atoms with Crippen LogP contribution >= 0.6 is 11.8 Å². The molecule has 0 spiro atoms. The fourth-order valence-electron chi connectivity index (χ4n) is 2.47. The fourth-order valence-corrected chi connectivity index (χ4v) is 3.21. The number of hydrogen-bond donors (Lipinski definition) is 1. The zero-order chi connectivity index (χ0) is 19.0. The number of amides is 1. The summed E-state index contributed by atoms with van der Waals surface area (Å²) < 4.78 is 39.8. The molecule has 2 aromatic carbocycles. The molecular formula is C18H9F3N4OS. The minimum absolute atomic E-state index is 0.120. The van der Waals surface area contributed by atoms with E-state index in [4.69, 9.17) is 0 Å². The third kappa shape index (κ3) is 3.54. The number of aromatic nitrogens is 2. The summed E-state index contributed by atoms with van der Waals surface area (Å²) in [7, 11) is 0. The van der Waals surface area contributed by atoms with Crippen LogP contribution in [0.3, 0.4) is 0 Å². The van der Waals surface area contributed by atoms with Crippen molar-refractivity contribution >= 4 is 45.6 Å². The Morgan fingerprint density at radius 3 is 2.44 bits per heavy atom. The molecule has 4 rings (SSSR count). The summed E-state index contributed by atoms with van der Waals surface area (Å²) in [5, 5.41) is 2.12. The SMILES string of the molecule is O=C1NC(=Nc2cc(F)c(F)c(F)c2)/C(=C\c2ccc3nccnc3c2)S1. The van der Waals surface area contributed by atoms with E-state index >= 15 is 0 Å². The molecule has 2 heterocycles. The van der Waals surface area contributed by atoms with Crippen molar-refractivity contribution in [2.75, 3.05) is 0 Å². The molecule has 0 saturated carbocycles. The number of nitrogens with one attached hydrogen (secondary N) is 1. The van der Waals surface area contributed by atoms with E-state index in [0.717, 1.165) is 35.0 Å². The number of carbonyl (C=O) groups excluding carboxylic acids is 1. The lowest BCUT2D eigenvalue weighted by atomic mass is 10.1. The van der Waals surface area contributed by atoms with Gasteiger partial charge in [-0.05, 0) is 35.5 Å². The molecule has 0 bridgehead atoms. The lowest BCUT2D eigenvalue weighted by molar-refractivity contribution is 0.265. The van der Waals surface area contributed by atoms with Crippen LogP contribution in [-0.2, 0) is 0 Å². The first-order chi connectivity index (χ1) is 13.0. The third-order valence-electron chi connectivity index (χ3n) is 3.66. The Morgan fingerprint density at radius 2 is 1.70 bits per heavy atom. The second-order valence-electron chi connectivity index (χ2n) is 5.51. The topological polar surface area (TPSA) is 67.2 Å². The molecule has 1 aromatic heterocycles. The van der Waals surface area contributed by atoms with Gasteiger partial charge in [0.05, 0.1) is 21.6 Å². The molecule has 5 nitrogen and oxygen atoms in total. The third-order valence-corrected chi connectivity index (χ3v) is 4.48. The van der Waals surface area contributed by atoms with Gasteiger partial charge in [0.15, 0.2) is 17.5 Å². The summed E-state index contributed by atoms with van der Waals surface area (Å²) in [5.41, 5.74) is 1.99. The Kier molecular flexibility index (Phi) is 4.36. The quantitative estimate of drug-likeness (QED) is 0.655. The Morgan fingerprint density at radius 1 is 1.00 bits per heavy atom. The second-order valence-corrected chi connectivity index (χ2v) is 6.53. The highest BCUT2D eigenvalue weighted by Crippen LogP contribution is 2.29. The van der Waals surface area contributed by atoms with E-state index in [2.05, 4.69) is 20.3 Å². The monoisotopic (exact) mass is 386 g/mol. The van der Waals surface area contributed by atoms with E-state index < -0.39 is 17.5 Å². The highest BCUT2D eigenvalue weighted by Gasteiger charge is 2.24. The van der Waals surface area contributed by atoms with Gasteiger partial charge in [-0.15, -0.1) is 0 Å². The van der Waals surface area contributed by atoms with Gasteiger partial charge in [-0.1, -0.05) is 6.07 Å². The highest BCUT2D eigenvalue weighted by atomic mass is 32.2. The number of carbonyl (C=O) groups is 1. The number of fused-ring (bicyclic) bond motifs is 1. The van der Waals surface area contributed by atoms with Crippen LogP contribution in [-0.4, -0.2) is 21.0 Å². The Bertz CT molecular complexity index is 1120. The molecule has 134 valence electrons.